The molecule has 2 aromatic carbocycles. The smallest absolute Gasteiger partial charge is 0.339 e. The highest BCUT2D eigenvalue weighted by molar-refractivity contribution is 6.34. The SMILES string of the molecule is CC1=NN(c2ccc(Cl)c(C(=O)OC(C)C)c2)C(=O)/C1=C\c1ccc(-c2ccccc2[N+](=O)[O-])o1. The van der Waals surface area contributed by atoms with E-state index in [-0.39, 0.29) is 28.0 Å². The molecule has 0 N–H and O–H groups in total. The van der Waals surface area contributed by atoms with Gasteiger partial charge in [0.05, 0.1) is 44.1 Å². The van der Waals surface area contributed by atoms with Crippen LogP contribution in [0, 0.1) is 10.1 Å². The first-order valence-corrected chi connectivity index (χ1v) is 11.0. The summed E-state index contributed by atoms with van der Waals surface area (Å²) in [5.41, 5.74) is 1.41. The molecule has 10 heteroatoms. The average molecular weight is 494 g/mol. The Hall–Kier alpha value is -4.24. The fourth-order valence-electron chi connectivity index (χ4n) is 3.50. The van der Waals surface area contributed by atoms with Gasteiger partial charge in [0, 0.05) is 6.07 Å². The van der Waals surface area contributed by atoms with Crippen molar-refractivity contribution in [3.8, 4) is 11.3 Å². The number of hydrogen-bond donors (Lipinski definition) is 0. The molecule has 35 heavy (non-hydrogen) atoms. The molecule has 3 aromatic rings. The van der Waals surface area contributed by atoms with Crippen LogP contribution in [0.4, 0.5) is 11.4 Å². The first-order valence-electron chi connectivity index (χ1n) is 10.6. The topological polar surface area (TPSA) is 115 Å². The highest BCUT2D eigenvalue weighted by atomic mass is 35.5. The van der Waals surface area contributed by atoms with E-state index in [1.807, 2.05) is 0 Å². The summed E-state index contributed by atoms with van der Waals surface area (Å²) in [4.78, 5) is 36.4. The predicted molar refractivity (Wildman–Crippen MR) is 131 cm³/mol. The van der Waals surface area contributed by atoms with Crippen LogP contribution in [0.5, 0.6) is 0 Å². The average Bonchev–Trinajstić information content (AvgIpc) is 3.39. The van der Waals surface area contributed by atoms with Crippen molar-refractivity contribution in [3.63, 3.8) is 0 Å². The quantitative estimate of drug-likeness (QED) is 0.183. The Kier molecular flexibility index (Phi) is 6.52. The molecule has 1 aromatic heterocycles. The summed E-state index contributed by atoms with van der Waals surface area (Å²) >= 11 is 6.16. The summed E-state index contributed by atoms with van der Waals surface area (Å²) in [6, 6.07) is 14.0. The van der Waals surface area contributed by atoms with Crippen LogP contribution >= 0.6 is 11.6 Å². The van der Waals surface area contributed by atoms with Crippen molar-refractivity contribution in [2.45, 2.75) is 26.9 Å². The first kappa shape index (κ1) is 23.9. The summed E-state index contributed by atoms with van der Waals surface area (Å²) in [7, 11) is 0. The van der Waals surface area contributed by atoms with Gasteiger partial charge in [-0.05, 0) is 63.2 Å². The van der Waals surface area contributed by atoms with Crippen molar-refractivity contribution in [2.75, 3.05) is 5.01 Å². The molecular weight excluding hydrogens is 474 g/mol. The van der Waals surface area contributed by atoms with E-state index in [1.165, 1.54) is 24.3 Å². The first-order chi connectivity index (χ1) is 16.7. The second-order valence-electron chi connectivity index (χ2n) is 7.95. The highest BCUT2D eigenvalue weighted by Gasteiger charge is 2.30. The summed E-state index contributed by atoms with van der Waals surface area (Å²) in [5, 5.41) is 17.0. The number of para-hydroxylation sites is 1. The van der Waals surface area contributed by atoms with Crippen LogP contribution in [0.1, 0.15) is 36.9 Å². The van der Waals surface area contributed by atoms with E-state index in [4.69, 9.17) is 20.8 Å². The lowest BCUT2D eigenvalue weighted by atomic mass is 10.1. The Morgan fingerprint density at radius 1 is 1.20 bits per heavy atom. The van der Waals surface area contributed by atoms with Gasteiger partial charge in [0.15, 0.2) is 0 Å². The number of halogens is 1. The second-order valence-corrected chi connectivity index (χ2v) is 8.36. The van der Waals surface area contributed by atoms with Crippen molar-refractivity contribution in [3.05, 3.63) is 86.6 Å². The Balaban J connectivity index is 1.62. The Morgan fingerprint density at radius 3 is 2.66 bits per heavy atom. The zero-order valence-electron chi connectivity index (χ0n) is 19.0. The van der Waals surface area contributed by atoms with Crippen LogP contribution in [0.15, 0.2) is 69.7 Å². The lowest BCUT2D eigenvalue weighted by molar-refractivity contribution is -0.384. The van der Waals surface area contributed by atoms with Crippen molar-refractivity contribution < 1.29 is 23.7 Å². The molecule has 0 saturated heterocycles. The minimum absolute atomic E-state index is 0.0866. The lowest BCUT2D eigenvalue weighted by Gasteiger charge is -2.14. The van der Waals surface area contributed by atoms with Gasteiger partial charge in [0.2, 0.25) is 0 Å². The molecule has 9 nitrogen and oxygen atoms in total. The molecule has 1 aliphatic heterocycles. The van der Waals surface area contributed by atoms with Gasteiger partial charge in [-0.2, -0.15) is 10.1 Å². The van der Waals surface area contributed by atoms with E-state index >= 15 is 0 Å². The summed E-state index contributed by atoms with van der Waals surface area (Å²) in [5.74, 6) is -0.410. The number of anilines is 1. The van der Waals surface area contributed by atoms with Gasteiger partial charge in [-0.1, -0.05) is 23.7 Å². The van der Waals surface area contributed by atoms with E-state index in [0.717, 1.165) is 5.01 Å². The zero-order chi connectivity index (χ0) is 25.3. The van der Waals surface area contributed by atoms with Gasteiger partial charge >= 0.3 is 5.97 Å². The van der Waals surface area contributed by atoms with Gasteiger partial charge in [-0.15, -0.1) is 0 Å². The second kappa shape index (κ2) is 9.55. The minimum atomic E-state index is -0.604. The molecule has 0 spiro atoms. The van der Waals surface area contributed by atoms with E-state index in [2.05, 4.69) is 5.10 Å². The maximum Gasteiger partial charge on any atom is 0.339 e. The standard InChI is InChI=1S/C25H20ClN3O6/c1-14(2)34-25(31)20-12-16(8-10-21(20)26)28-24(30)19(15(3)27-28)13-17-9-11-23(35-17)18-6-4-5-7-22(18)29(32)33/h4-14H,1-3H3/b19-13-. The fraction of sp³-hybridized carbons (Fsp3) is 0.160. The molecule has 2 heterocycles. The van der Waals surface area contributed by atoms with E-state index in [9.17, 15) is 19.7 Å². The van der Waals surface area contributed by atoms with Crippen LogP contribution in [0.3, 0.4) is 0 Å². The number of nitrogens with zero attached hydrogens (tertiary/aromatic N) is 3. The number of ether oxygens (including phenoxy) is 1. The highest BCUT2D eigenvalue weighted by Crippen LogP contribution is 2.33. The van der Waals surface area contributed by atoms with Crippen molar-refractivity contribution in [1.29, 1.82) is 0 Å². The number of carbonyl (C=O) groups is 2. The molecule has 0 aliphatic carbocycles. The summed E-state index contributed by atoms with van der Waals surface area (Å²) < 4.78 is 11.0. The molecule has 0 bridgehead atoms. The number of nitro benzene ring substituents is 1. The molecule has 1 amide bonds. The van der Waals surface area contributed by atoms with Gasteiger partial charge in [-0.25, -0.2) is 4.79 Å². The third-order valence-electron chi connectivity index (χ3n) is 5.10. The van der Waals surface area contributed by atoms with Crippen molar-refractivity contribution >= 4 is 46.6 Å². The zero-order valence-corrected chi connectivity index (χ0v) is 19.8. The third kappa shape index (κ3) is 4.85. The van der Waals surface area contributed by atoms with Crippen LogP contribution in [0.2, 0.25) is 5.02 Å². The van der Waals surface area contributed by atoms with Crippen LogP contribution < -0.4 is 5.01 Å². The summed E-state index contributed by atoms with van der Waals surface area (Å²) in [6.07, 6.45) is 1.18. The predicted octanol–water partition coefficient (Wildman–Crippen LogP) is 5.88. The number of esters is 1. The Morgan fingerprint density at radius 2 is 1.94 bits per heavy atom. The fourth-order valence-corrected chi connectivity index (χ4v) is 3.69. The molecule has 0 atom stereocenters. The van der Waals surface area contributed by atoms with Gasteiger partial charge in [-0.3, -0.25) is 14.9 Å². The van der Waals surface area contributed by atoms with Gasteiger partial charge in [0.1, 0.15) is 11.5 Å². The number of amides is 1. The summed E-state index contributed by atoms with van der Waals surface area (Å²) in [6.45, 7) is 5.11. The van der Waals surface area contributed by atoms with Crippen molar-refractivity contribution in [2.24, 2.45) is 5.10 Å². The van der Waals surface area contributed by atoms with Crippen LogP contribution in [0.25, 0.3) is 17.4 Å². The molecule has 0 saturated carbocycles. The maximum absolute atomic E-state index is 13.1. The molecule has 0 radical (unpaired) electrons. The molecule has 1 aliphatic rings. The van der Waals surface area contributed by atoms with Gasteiger partial charge in [0.25, 0.3) is 11.6 Å². The Bertz CT molecular complexity index is 1410. The number of hydrogen-bond acceptors (Lipinski definition) is 7. The lowest BCUT2D eigenvalue weighted by Crippen LogP contribution is -2.22. The number of furan rings is 1. The van der Waals surface area contributed by atoms with E-state index in [0.29, 0.717) is 28.5 Å². The number of nitro groups is 1. The molecule has 4 rings (SSSR count). The number of carbonyl (C=O) groups excluding carboxylic acids is 2. The monoisotopic (exact) mass is 493 g/mol. The largest absolute Gasteiger partial charge is 0.459 e. The molecule has 0 unspecified atom stereocenters. The third-order valence-corrected chi connectivity index (χ3v) is 5.43. The molecule has 178 valence electrons. The number of benzene rings is 2. The van der Waals surface area contributed by atoms with E-state index in [1.54, 1.807) is 57.2 Å². The normalized spacial score (nSPS) is 14.5. The van der Waals surface area contributed by atoms with Gasteiger partial charge < -0.3 is 9.15 Å². The minimum Gasteiger partial charge on any atom is -0.459 e. The van der Waals surface area contributed by atoms with Crippen LogP contribution in [-0.2, 0) is 9.53 Å². The molecular formula is C25H20ClN3O6. The van der Waals surface area contributed by atoms with Crippen LogP contribution in [-0.4, -0.2) is 28.6 Å². The number of hydrazone groups is 1. The maximum atomic E-state index is 13.1. The van der Waals surface area contributed by atoms with Crippen molar-refractivity contribution in [1.82, 2.24) is 0 Å². The number of rotatable bonds is 6. The Labute approximate surface area is 205 Å². The van der Waals surface area contributed by atoms with E-state index < -0.39 is 16.8 Å². The molecule has 0 fully saturated rings.